The molecule has 1 rings (SSSR count). The maximum absolute atomic E-state index is 11.8. The summed E-state index contributed by atoms with van der Waals surface area (Å²) in [4.78, 5) is 23.5. The molecule has 17 heavy (non-hydrogen) atoms. The summed E-state index contributed by atoms with van der Waals surface area (Å²) in [5.74, 6) is 0.0698. The van der Waals surface area contributed by atoms with Gasteiger partial charge in [-0.25, -0.2) is 4.79 Å². The van der Waals surface area contributed by atoms with E-state index in [-0.39, 0.29) is 17.8 Å². The Labute approximate surface area is 103 Å². The molecule has 1 amide bonds. The molecule has 0 aromatic carbocycles. The minimum atomic E-state index is -0.581. The molecule has 1 aliphatic carbocycles. The third kappa shape index (κ3) is 4.75. The van der Waals surface area contributed by atoms with Crippen molar-refractivity contribution in [3.8, 4) is 0 Å². The normalized spacial score (nSPS) is 19.4. The largest absolute Gasteiger partial charge is 0.458 e. The van der Waals surface area contributed by atoms with Crippen LogP contribution >= 0.6 is 0 Å². The van der Waals surface area contributed by atoms with Gasteiger partial charge in [0.05, 0.1) is 0 Å². The van der Waals surface area contributed by atoms with Gasteiger partial charge in [0.25, 0.3) is 0 Å². The summed E-state index contributed by atoms with van der Waals surface area (Å²) in [6.45, 7) is 9.01. The minimum Gasteiger partial charge on any atom is -0.458 e. The molecule has 0 aromatic heterocycles. The van der Waals surface area contributed by atoms with Crippen LogP contribution < -0.4 is 5.32 Å². The molecule has 1 aliphatic rings. The molecule has 0 spiro atoms. The van der Waals surface area contributed by atoms with E-state index in [1.54, 1.807) is 6.92 Å². The highest BCUT2D eigenvalue weighted by Crippen LogP contribution is 2.36. The van der Waals surface area contributed by atoms with Crippen LogP contribution in [0.1, 0.15) is 47.5 Å². The quantitative estimate of drug-likeness (QED) is 0.765. The fourth-order valence-electron chi connectivity index (χ4n) is 1.60. The lowest BCUT2D eigenvalue weighted by molar-refractivity contribution is -0.158. The van der Waals surface area contributed by atoms with Gasteiger partial charge < -0.3 is 10.1 Å². The topological polar surface area (TPSA) is 55.4 Å². The van der Waals surface area contributed by atoms with Gasteiger partial charge in [-0.3, -0.25) is 4.79 Å². The minimum absolute atomic E-state index is 0.000105. The lowest BCUT2D eigenvalue weighted by Crippen LogP contribution is -2.44. The summed E-state index contributed by atoms with van der Waals surface area (Å²) >= 11 is 0. The molecular formula is C13H23NO3. The second kappa shape index (κ2) is 5.07. The second-order valence-electron chi connectivity index (χ2n) is 5.89. The molecule has 0 bridgehead atoms. The number of carbonyl (C=O) groups is 2. The first kappa shape index (κ1) is 14.0. The van der Waals surface area contributed by atoms with E-state index in [1.807, 2.05) is 27.7 Å². The van der Waals surface area contributed by atoms with Crippen LogP contribution in [0.5, 0.6) is 0 Å². The van der Waals surface area contributed by atoms with Crippen molar-refractivity contribution in [2.45, 2.75) is 59.1 Å². The number of hydrogen-bond donors (Lipinski definition) is 1. The Hall–Kier alpha value is -1.06. The highest BCUT2D eigenvalue weighted by atomic mass is 16.6. The predicted molar refractivity (Wildman–Crippen MR) is 65.3 cm³/mol. The average Bonchev–Trinajstić information content (AvgIpc) is 2.96. The number of hydrogen-bond acceptors (Lipinski definition) is 3. The third-order valence-electron chi connectivity index (χ3n) is 2.86. The fourth-order valence-corrected chi connectivity index (χ4v) is 1.60. The Morgan fingerprint density at radius 2 is 1.76 bits per heavy atom. The monoisotopic (exact) mass is 241 g/mol. The Kier molecular flexibility index (Phi) is 4.17. The van der Waals surface area contributed by atoms with Gasteiger partial charge in [0.15, 0.2) is 0 Å². The summed E-state index contributed by atoms with van der Waals surface area (Å²) in [5.41, 5.74) is -0.516. The van der Waals surface area contributed by atoms with Gasteiger partial charge >= 0.3 is 5.97 Å². The molecule has 0 saturated heterocycles. The highest BCUT2D eigenvalue weighted by molar-refractivity contribution is 5.85. The predicted octanol–water partition coefficient (Wildman–Crippen LogP) is 1.88. The van der Waals surface area contributed by atoms with E-state index in [2.05, 4.69) is 5.32 Å². The smallest absolute Gasteiger partial charge is 0.328 e. The van der Waals surface area contributed by atoms with E-state index in [0.717, 1.165) is 12.8 Å². The first-order valence-electron chi connectivity index (χ1n) is 6.24. The van der Waals surface area contributed by atoms with Crippen LogP contribution in [0.3, 0.4) is 0 Å². The molecule has 4 heteroatoms. The van der Waals surface area contributed by atoms with Crippen LogP contribution in [0, 0.1) is 11.8 Å². The van der Waals surface area contributed by atoms with Crippen molar-refractivity contribution in [3.63, 3.8) is 0 Å². The number of ether oxygens (including phenoxy) is 1. The van der Waals surface area contributed by atoms with E-state index in [4.69, 9.17) is 4.74 Å². The molecule has 0 heterocycles. The highest BCUT2D eigenvalue weighted by Gasteiger charge is 2.34. The molecule has 98 valence electrons. The zero-order valence-electron chi connectivity index (χ0n) is 11.4. The summed E-state index contributed by atoms with van der Waals surface area (Å²) in [5, 5.41) is 2.71. The molecule has 1 unspecified atom stereocenters. The van der Waals surface area contributed by atoms with Crippen molar-refractivity contribution in [2.75, 3.05) is 0 Å². The number of carbonyl (C=O) groups excluding carboxylic acids is 2. The lowest BCUT2D eigenvalue weighted by atomic mass is 10.1. The Morgan fingerprint density at radius 3 is 2.18 bits per heavy atom. The molecule has 2 atom stereocenters. The van der Waals surface area contributed by atoms with Crippen LogP contribution in [0.4, 0.5) is 0 Å². The molecule has 0 aliphatic heterocycles. The summed E-state index contributed by atoms with van der Waals surface area (Å²) in [7, 11) is 0. The number of esters is 1. The fraction of sp³-hybridized carbons (Fsp3) is 0.846. The zero-order chi connectivity index (χ0) is 13.2. The first-order valence-corrected chi connectivity index (χ1v) is 6.24. The van der Waals surface area contributed by atoms with Crippen LogP contribution in [-0.4, -0.2) is 23.5 Å². The second-order valence-corrected chi connectivity index (χ2v) is 5.89. The van der Waals surface area contributed by atoms with Crippen molar-refractivity contribution in [3.05, 3.63) is 0 Å². The van der Waals surface area contributed by atoms with Crippen molar-refractivity contribution in [1.82, 2.24) is 5.32 Å². The Morgan fingerprint density at radius 1 is 1.24 bits per heavy atom. The molecule has 0 radical (unpaired) electrons. The molecular weight excluding hydrogens is 218 g/mol. The summed E-state index contributed by atoms with van der Waals surface area (Å²) < 4.78 is 5.20. The Bertz CT molecular complexity index is 302. The van der Waals surface area contributed by atoms with Gasteiger partial charge in [-0.1, -0.05) is 6.92 Å². The number of rotatable bonds is 4. The van der Waals surface area contributed by atoms with Crippen molar-refractivity contribution < 1.29 is 14.3 Å². The van der Waals surface area contributed by atoms with Crippen LogP contribution in [-0.2, 0) is 14.3 Å². The summed E-state index contributed by atoms with van der Waals surface area (Å²) in [6, 6.07) is -0.581. The third-order valence-corrected chi connectivity index (χ3v) is 2.86. The Balaban J connectivity index is 2.39. The standard InChI is InChI=1S/C13H23NO3/c1-8(10-6-7-10)11(15)14-9(2)12(16)17-13(3,4)5/h8-10H,6-7H2,1-5H3,(H,14,15)/t8?,9-/m1/s1. The van der Waals surface area contributed by atoms with E-state index < -0.39 is 11.6 Å². The van der Waals surface area contributed by atoms with E-state index in [9.17, 15) is 9.59 Å². The van der Waals surface area contributed by atoms with E-state index in [0.29, 0.717) is 5.92 Å². The first-order chi connectivity index (χ1) is 7.70. The van der Waals surface area contributed by atoms with Gasteiger partial charge in [-0.05, 0) is 46.5 Å². The molecule has 1 saturated carbocycles. The molecule has 4 nitrogen and oxygen atoms in total. The van der Waals surface area contributed by atoms with Gasteiger partial charge in [0.1, 0.15) is 11.6 Å². The van der Waals surface area contributed by atoms with Crippen LogP contribution in [0.15, 0.2) is 0 Å². The molecule has 0 aromatic rings. The van der Waals surface area contributed by atoms with Crippen molar-refractivity contribution >= 4 is 11.9 Å². The summed E-state index contributed by atoms with van der Waals surface area (Å²) in [6.07, 6.45) is 2.24. The molecule has 1 fully saturated rings. The average molecular weight is 241 g/mol. The SMILES string of the molecule is CC(C(=O)N[C@H](C)C(=O)OC(C)(C)C)C1CC1. The van der Waals surface area contributed by atoms with Gasteiger partial charge in [0.2, 0.25) is 5.91 Å². The number of nitrogens with one attached hydrogen (secondary N) is 1. The zero-order valence-corrected chi connectivity index (χ0v) is 11.4. The lowest BCUT2D eigenvalue weighted by Gasteiger charge is -2.23. The van der Waals surface area contributed by atoms with Crippen LogP contribution in [0.2, 0.25) is 0 Å². The maximum atomic E-state index is 11.8. The number of amides is 1. The van der Waals surface area contributed by atoms with Gasteiger partial charge in [-0.15, -0.1) is 0 Å². The van der Waals surface area contributed by atoms with Crippen molar-refractivity contribution in [1.29, 1.82) is 0 Å². The van der Waals surface area contributed by atoms with Crippen LogP contribution in [0.25, 0.3) is 0 Å². The van der Waals surface area contributed by atoms with Crippen molar-refractivity contribution in [2.24, 2.45) is 11.8 Å². The molecule has 1 N–H and O–H groups in total. The van der Waals surface area contributed by atoms with Gasteiger partial charge in [0, 0.05) is 5.92 Å². The van der Waals surface area contributed by atoms with E-state index >= 15 is 0 Å². The van der Waals surface area contributed by atoms with Gasteiger partial charge in [-0.2, -0.15) is 0 Å². The van der Waals surface area contributed by atoms with E-state index in [1.165, 1.54) is 0 Å². The maximum Gasteiger partial charge on any atom is 0.328 e.